The fraction of sp³-hybridized carbons (Fsp3) is 0.568. The highest BCUT2D eigenvalue weighted by atomic mass is 31.2. The molecule has 0 spiro atoms. The van der Waals surface area contributed by atoms with Crippen LogP contribution in [0.3, 0.4) is 0 Å². The lowest BCUT2D eigenvalue weighted by atomic mass is 10.1. The largest absolute Gasteiger partial charge is 0.480 e. The Kier molecular flexibility index (Phi) is 35.5. The Balaban J connectivity index is 4.62. The summed E-state index contributed by atoms with van der Waals surface area (Å²) >= 11 is 0. The second kappa shape index (κ2) is 37.9. The average Bonchev–Trinajstić information content (AvgIpc) is 3.19. The van der Waals surface area contributed by atoms with Gasteiger partial charge in [0.15, 0.2) is 6.10 Å². The van der Waals surface area contributed by atoms with Gasteiger partial charge in [0.25, 0.3) is 0 Å². The van der Waals surface area contributed by atoms with E-state index < -0.39 is 63.8 Å². The van der Waals surface area contributed by atoms with Crippen LogP contribution in [0.15, 0.2) is 97.2 Å². The number of hydrogen-bond acceptors (Lipinski definition) is 10. The molecule has 13 heteroatoms. The van der Waals surface area contributed by atoms with Gasteiger partial charge in [0.1, 0.15) is 12.6 Å². The first-order valence-corrected chi connectivity index (χ1v) is 21.9. The molecule has 0 radical (unpaired) electrons. The zero-order chi connectivity index (χ0) is 42.2. The van der Waals surface area contributed by atoms with E-state index in [0.717, 1.165) is 51.4 Å². The lowest BCUT2D eigenvalue weighted by Crippen LogP contribution is -2.34. The fourth-order valence-corrected chi connectivity index (χ4v) is 5.36. The molecule has 0 saturated carbocycles. The van der Waals surface area contributed by atoms with Crippen LogP contribution in [0, 0.1) is 0 Å². The quantitative estimate of drug-likeness (QED) is 0.0154. The molecule has 0 amide bonds. The van der Waals surface area contributed by atoms with Crippen LogP contribution < -0.4 is 5.73 Å². The molecule has 12 nitrogen and oxygen atoms in total. The van der Waals surface area contributed by atoms with Gasteiger partial charge in [0.2, 0.25) is 0 Å². The molecular weight excluding hydrogens is 749 g/mol. The van der Waals surface area contributed by atoms with E-state index in [4.69, 9.17) is 24.8 Å². The first-order chi connectivity index (χ1) is 27.5. The van der Waals surface area contributed by atoms with E-state index in [0.29, 0.717) is 25.7 Å². The molecule has 0 aliphatic heterocycles. The van der Waals surface area contributed by atoms with Crippen LogP contribution in [0.5, 0.6) is 0 Å². The number of aliphatic carboxylic acids is 1. The number of carboxylic acid groups (broad SMARTS) is 1. The molecule has 0 rings (SSSR count). The molecule has 0 aliphatic rings. The standard InChI is InChI=1S/C44H70NO11P/c1-3-5-6-7-8-9-10-11-12-16-19-22-25-28-31-34-42(47)53-36-40(37-54-57(51,52)55-38-41(45)44(49)50)56-43(48)35-32-29-26-23-20-17-14-13-15-18-21-24-27-30-33-39(46)4-2/h8-9,11-12,14-15,17-19,22-24,26-27,30,33,39-41,46H,3-7,10,13,16,20-21,25,28-29,31-32,34-38,45H2,1-2H3,(H,49,50)(H,51,52)/b9-8-,12-11-,17-14-,18-15-,22-19-,26-23-,27-24-,33-30+/t39-,40-,41+/m1/s1. The number of phosphoric acid groups is 1. The highest BCUT2D eigenvalue weighted by molar-refractivity contribution is 7.47. The van der Waals surface area contributed by atoms with E-state index in [-0.39, 0.29) is 12.8 Å². The zero-order valence-electron chi connectivity index (χ0n) is 34.2. The van der Waals surface area contributed by atoms with Crippen LogP contribution >= 0.6 is 7.82 Å². The van der Waals surface area contributed by atoms with Gasteiger partial charge in [-0.2, -0.15) is 0 Å². The molecule has 322 valence electrons. The van der Waals surface area contributed by atoms with Crippen molar-refractivity contribution in [3.63, 3.8) is 0 Å². The summed E-state index contributed by atoms with van der Waals surface area (Å²) in [6.45, 7) is 2.30. The molecule has 5 N–H and O–H groups in total. The summed E-state index contributed by atoms with van der Waals surface area (Å²) in [6.07, 6.45) is 44.4. The Hall–Kier alpha value is -3.64. The summed E-state index contributed by atoms with van der Waals surface area (Å²) in [5.41, 5.74) is 5.31. The molecule has 0 aliphatic carbocycles. The molecule has 0 aromatic rings. The number of unbranched alkanes of at least 4 members (excludes halogenated alkanes) is 6. The smallest absolute Gasteiger partial charge is 0.472 e. The minimum absolute atomic E-state index is 0.0546. The third-order valence-electron chi connectivity index (χ3n) is 7.97. The van der Waals surface area contributed by atoms with Gasteiger partial charge in [0.05, 0.1) is 19.3 Å². The van der Waals surface area contributed by atoms with Crippen molar-refractivity contribution in [2.24, 2.45) is 5.73 Å². The summed E-state index contributed by atoms with van der Waals surface area (Å²) in [6, 6.07) is -1.55. The number of ether oxygens (including phenoxy) is 2. The minimum Gasteiger partial charge on any atom is -0.480 e. The van der Waals surface area contributed by atoms with Crippen molar-refractivity contribution in [3.05, 3.63) is 97.2 Å². The van der Waals surface area contributed by atoms with Crippen LogP contribution in [0.25, 0.3) is 0 Å². The Morgan fingerprint density at radius 2 is 1.12 bits per heavy atom. The third kappa shape index (κ3) is 37.7. The van der Waals surface area contributed by atoms with Gasteiger partial charge >= 0.3 is 25.7 Å². The highest BCUT2D eigenvalue weighted by Crippen LogP contribution is 2.43. The number of rotatable bonds is 36. The number of hydrogen-bond donors (Lipinski definition) is 4. The maximum Gasteiger partial charge on any atom is 0.472 e. The number of carbonyl (C=O) groups excluding carboxylic acids is 2. The number of allylic oxidation sites excluding steroid dienone is 15. The van der Waals surface area contributed by atoms with E-state index in [1.54, 1.807) is 6.08 Å². The third-order valence-corrected chi connectivity index (χ3v) is 8.92. The molecule has 0 fully saturated rings. The fourth-order valence-electron chi connectivity index (χ4n) is 4.59. The van der Waals surface area contributed by atoms with E-state index in [1.165, 1.54) is 19.3 Å². The first kappa shape index (κ1) is 53.4. The number of aliphatic hydroxyl groups is 1. The van der Waals surface area contributed by atoms with Gasteiger partial charge in [-0.25, -0.2) is 4.57 Å². The van der Waals surface area contributed by atoms with E-state index in [9.17, 15) is 28.9 Å². The maximum absolute atomic E-state index is 12.6. The van der Waals surface area contributed by atoms with Crippen LogP contribution in [0.4, 0.5) is 0 Å². The lowest BCUT2D eigenvalue weighted by molar-refractivity contribution is -0.161. The topological polar surface area (TPSA) is 192 Å². The maximum atomic E-state index is 12.6. The average molecular weight is 820 g/mol. The van der Waals surface area contributed by atoms with Crippen molar-refractivity contribution in [3.8, 4) is 0 Å². The predicted molar refractivity (Wildman–Crippen MR) is 227 cm³/mol. The Bertz CT molecular complexity index is 1350. The summed E-state index contributed by atoms with van der Waals surface area (Å²) in [5.74, 6) is -2.55. The normalized spacial score (nSPS) is 15.3. The van der Waals surface area contributed by atoms with Crippen molar-refractivity contribution in [2.45, 2.75) is 141 Å². The van der Waals surface area contributed by atoms with Crippen molar-refractivity contribution in [1.29, 1.82) is 0 Å². The summed E-state index contributed by atoms with van der Waals surface area (Å²) in [7, 11) is -4.75. The summed E-state index contributed by atoms with van der Waals surface area (Å²) in [5, 5.41) is 18.3. The van der Waals surface area contributed by atoms with Gasteiger partial charge < -0.3 is 30.3 Å². The van der Waals surface area contributed by atoms with Gasteiger partial charge in [-0.05, 0) is 83.5 Å². The van der Waals surface area contributed by atoms with Gasteiger partial charge in [-0.1, -0.05) is 124 Å². The van der Waals surface area contributed by atoms with Crippen molar-refractivity contribution in [2.75, 3.05) is 19.8 Å². The van der Waals surface area contributed by atoms with Crippen molar-refractivity contribution >= 4 is 25.7 Å². The van der Waals surface area contributed by atoms with Crippen LogP contribution in [0.1, 0.15) is 123 Å². The molecule has 1 unspecified atom stereocenters. The van der Waals surface area contributed by atoms with Crippen LogP contribution in [-0.2, 0) is 37.5 Å². The van der Waals surface area contributed by atoms with Gasteiger partial charge in [-0.15, -0.1) is 0 Å². The highest BCUT2D eigenvalue weighted by Gasteiger charge is 2.28. The van der Waals surface area contributed by atoms with E-state index in [1.807, 2.05) is 37.3 Å². The number of esters is 2. The number of carbonyl (C=O) groups is 3. The second-order valence-corrected chi connectivity index (χ2v) is 14.7. The Morgan fingerprint density at radius 1 is 0.632 bits per heavy atom. The summed E-state index contributed by atoms with van der Waals surface area (Å²) < 4.78 is 32.5. The Morgan fingerprint density at radius 3 is 1.67 bits per heavy atom. The second-order valence-electron chi connectivity index (χ2n) is 13.2. The molecule has 0 bridgehead atoms. The summed E-state index contributed by atoms with van der Waals surface area (Å²) in [4.78, 5) is 45.8. The predicted octanol–water partition coefficient (Wildman–Crippen LogP) is 9.47. The van der Waals surface area contributed by atoms with Crippen LogP contribution in [-0.4, -0.2) is 71.1 Å². The Labute approximate surface area is 341 Å². The molecule has 0 aromatic heterocycles. The number of phosphoric ester groups is 1. The molecule has 4 atom stereocenters. The number of nitrogens with two attached hydrogens (primary N) is 1. The number of aliphatic hydroxyl groups excluding tert-OH is 1. The SMILES string of the molecule is CCCCC/C=C\C/C=C\C/C=C\CCCCC(=O)OC[C@H](COP(=O)(O)OC[C@H](N)C(=O)O)OC(=O)CCC/C=C\C/C=C\C/C=C\C/C=C\C=C\[C@H](O)CC. The lowest BCUT2D eigenvalue weighted by Gasteiger charge is -2.20. The molecule has 0 aromatic carbocycles. The first-order valence-electron chi connectivity index (χ1n) is 20.4. The molecule has 0 heterocycles. The van der Waals surface area contributed by atoms with E-state index >= 15 is 0 Å². The zero-order valence-corrected chi connectivity index (χ0v) is 35.1. The molecule has 57 heavy (non-hydrogen) atoms. The van der Waals surface area contributed by atoms with Crippen molar-refractivity contribution in [1.82, 2.24) is 0 Å². The van der Waals surface area contributed by atoms with Crippen molar-refractivity contribution < 1.29 is 52.6 Å². The molecule has 0 saturated heterocycles. The minimum atomic E-state index is -4.75. The number of carboxylic acids is 1. The van der Waals surface area contributed by atoms with E-state index in [2.05, 4.69) is 72.2 Å². The van der Waals surface area contributed by atoms with Gasteiger partial charge in [0, 0.05) is 12.8 Å². The van der Waals surface area contributed by atoms with Crippen LogP contribution in [0.2, 0.25) is 0 Å². The molecular formula is C44H70NO11P. The van der Waals surface area contributed by atoms with Gasteiger partial charge in [-0.3, -0.25) is 23.4 Å². The monoisotopic (exact) mass is 819 g/mol.